The van der Waals surface area contributed by atoms with Gasteiger partial charge in [0.05, 0.1) is 0 Å². The number of aliphatic carboxylic acids is 1. The fourth-order valence-corrected chi connectivity index (χ4v) is 1.14. The Kier molecular flexibility index (Phi) is 5.15. The summed E-state index contributed by atoms with van der Waals surface area (Å²) in [6.45, 7) is 3.81. The van der Waals surface area contributed by atoms with Gasteiger partial charge in [-0.2, -0.15) is 0 Å². The number of carboxylic acids is 1. The molecular formula is C9H18N2O3. The van der Waals surface area contributed by atoms with Crippen LogP contribution in [0.25, 0.3) is 0 Å². The lowest BCUT2D eigenvalue weighted by molar-refractivity contribution is -0.143. The average molecular weight is 202 g/mol. The van der Waals surface area contributed by atoms with Crippen LogP contribution in [0.3, 0.4) is 0 Å². The minimum atomic E-state index is -0.914. The Balaban J connectivity index is 4.29. The largest absolute Gasteiger partial charge is 0.480 e. The van der Waals surface area contributed by atoms with E-state index in [-0.39, 0.29) is 18.9 Å². The Morgan fingerprint density at radius 1 is 1.43 bits per heavy atom. The first-order valence-electron chi connectivity index (χ1n) is 4.59. The van der Waals surface area contributed by atoms with Crippen LogP contribution in [0.5, 0.6) is 0 Å². The van der Waals surface area contributed by atoms with Crippen molar-refractivity contribution < 1.29 is 14.7 Å². The number of likely N-dealkylation sites (N-methyl/N-ethyl adjacent to an activating group) is 1. The van der Waals surface area contributed by atoms with Gasteiger partial charge in [0.15, 0.2) is 0 Å². The van der Waals surface area contributed by atoms with Crippen molar-refractivity contribution >= 4 is 11.9 Å². The molecule has 0 saturated carbocycles. The zero-order valence-corrected chi connectivity index (χ0v) is 8.86. The summed E-state index contributed by atoms with van der Waals surface area (Å²) in [5, 5.41) is 8.91. The van der Waals surface area contributed by atoms with Crippen LogP contribution < -0.4 is 5.73 Å². The highest BCUT2D eigenvalue weighted by Crippen LogP contribution is 2.08. The molecule has 0 spiro atoms. The highest BCUT2D eigenvalue weighted by molar-refractivity contribution is 5.77. The molecule has 0 aliphatic carbocycles. The van der Waals surface area contributed by atoms with E-state index in [1.807, 2.05) is 13.8 Å². The molecule has 0 aromatic heterocycles. The van der Waals surface area contributed by atoms with Gasteiger partial charge in [-0.25, -0.2) is 0 Å². The SMILES string of the molecule is CC(C)N(C)C(CCC(N)=O)C(=O)O. The third-order valence-electron chi connectivity index (χ3n) is 2.26. The molecule has 0 rings (SSSR count). The second-order valence-electron chi connectivity index (χ2n) is 3.62. The third kappa shape index (κ3) is 4.23. The number of rotatable bonds is 6. The molecular weight excluding hydrogens is 184 g/mol. The standard InChI is InChI=1S/C9H18N2O3/c1-6(2)11(3)7(9(13)14)4-5-8(10)12/h6-7H,4-5H2,1-3H3,(H2,10,12)(H,13,14). The summed E-state index contributed by atoms with van der Waals surface area (Å²) in [6, 6.07) is -0.508. The molecule has 0 aliphatic heterocycles. The fraction of sp³-hybridized carbons (Fsp3) is 0.778. The van der Waals surface area contributed by atoms with E-state index < -0.39 is 17.9 Å². The van der Waals surface area contributed by atoms with Crippen LogP contribution in [0.2, 0.25) is 0 Å². The summed E-state index contributed by atoms with van der Waals surface area (Å²) in [6.07, 6.45) is 0.368. The maximum atomic E-state index is 10.9. The first kappa shape index (κ1) is 12.9. The van der Waals surface area contributed by atoms with Crippen LogP contribution >= 0.6 is 0 Å². The molecule has 0 saturated heterocycles. The van der Waals surface area contributed by atoms with Gasteiger partial charge in [-0.3, -0.25) is 14.5 Å². The number of hydrogen-bond donors (Lipinski definition) is 2. The molecule has 5 heteroatoms. The molecule has 0 heterocycles. The summed E-state index contributed by atoms with van der Waals surface area (Å²) < 4.78 is 0. The van der Waals surface area contributed by atoms with E-state index in [4.69, 9.17) is 10.8 Å². The second kappa shape index (κ2) is 5.59. The van der Waals surface area contributed by atoms with Crippen molar-refractivity contribution in [2.75, 3.05) is 7.05 Å². The van der Waals surface area contributed by atoms with Crippen molar-refractivity contribution in [1.29, 1.82) is 0 Å². The molecule has 0 aliphatic rings. The lowest BCUT2D eigenvalue weighted by atomic mass is 10.1. The first-order valence-corrected chi connectivity index (χ1v) is 4.59. The van der Waals surface area contributed by atoms with Crippen molar-refractivity contribution in [1.82, 2.24) is 4.90 Å². The van der Waals surface area contributed by atoms with E-state index in [1.165, 1.54) is 0 Å². The Bertz CT molecular complexity index is 216. The van der Waals surface area contributed by atoms with E-state index in [2.05, 4.69) is 0 Å². The van der Waals surface area contributed by atoms with Crippen molar-refractivity contribution in [2.24, 2.45) is 5.73 Å². The van der Waals surface area contributed by atoms with Crippen molar-refractivity contribution in [3.63, 3.8) is 0 Å². The van der Waals surface area contributed by atoms with E-state index in [9.17, 15) is 9.59 Å². The van der Waals surface area contributed by atoms with Gasteiger partial charge in [-0.1, -0.05) is 0 Å². The molecule has 1 atom stereocenters. The molecule has 82 valence electrons. The van der Waals surface area contributed by atoms with Gasteiger partial charge in [0.1, 0.15) is 6.04 Å². The van der Waals surface area contributed by atoms with Gasteiger partial charge in [0, 0.05) is 12.5 Å². The topological polar surface area (TPSA) is 83.6 Å². The van der Waals surface area contributed by atoms with Gasteiger partial charge < -0.3 is 10.8 Å². The fourth-order valence-electron chi connectivity index (χ4n) is 1.14. The highest BCUT2D eigenvalue weighted by atomic mass is 16.4. The van der Waals surface area contributed by atoms with Crippen LogP contribution in [0.15, 0.2) is 0 Å². The predicted octanol–water partition coefficient (Wildman–Crippen LogP) is 0.0453. The second-order valence-corrected chi connectivity index (χ2v) is 3.62. The molecule has 0 aromatic rings. The average Bonchev–Trinajstić information content (AvgIpc) is 2.02. The lowest BCUT2D eigenvalue weighted by Gasteiger charge is -2.27. The van der Waals surface area contributed by atoms with Gasteiger partial charge in [0.2, 0.25) is 5.91 Å². The summed E-state index contributed by atoms with van der Waals surface area (Å²) in [5.41, 5.74) is 4.97. The molecule has 5 nitrogen and oxygen atoms in total. The monoisotopic (exact) mass is 202 g/mol. The van der Waals surface area contributed by atoms with Crippen molar-refractivity contribution in [2.45, 2.75) is 38.8 Å². The van der Waals surface area contributed by atoms with E-state index in [0.717, 1.165) is 0 Å². The highest BCUT2D eigenvalue weighted by Gasteiger charge is 2.24. The number of hydrogen-bond acceptors (Lipinski definition) is 3. The zero-order valence-electron chi connectivity index (χ0n) is 8.86. The van der Waals surface area contributed by atoms with Gasteiger partial charge >= 0.3 is 5.97 Å². The number of carbonyl (C=O) groups is 2. The number of primary amides is 1. The van der Waals surface area contributed by atoms with E-state index in [1.54, 1.807) is 11.9 Å². The Morgan fingerprint density at radius 2 is 1.93 bits per heavy atom. The molecule has 1 amide bonds. The molecule has 0 radical (unpaired) electrons. The quantitative estimate of drug-likeness (QED) is 0.637. The number of carbonyl (C=O) groups excluding carboxylic acids is 1. The van der Waals surface area contributed by atoms with Gasteiger partial charge in [-0.15, -0.1) is 0 Å². The minimum Gasteiger partial charge on any atom is -0.480 e. The van der Waals surface area contributed by atoms with Crippen LogP contribution in [-0.2, 0) is 9.59 Å². The van der Waals surface area contributed by atoms with Gasteiger partial charge in [-0.05, 0) is 27.3 Å². The summed E-state index contributed by atoms with van der Waals surface area (Å²) in [7, 11) is 1.73. The van der Waals surface area contributed by atoms with E-state index >= 15 is 0 Å². The Morgan fingerprint density at radius 3 is 2.21 bits per heavy atom. The molecule has 0 bridgehead atoms. The molecule has 14 heavy (non-hydrogen) atoms. The Hall–Kier alpha value is -1.10. The minimum absolute atomic E-state index is 0.105. The molecule has 1 unspecified atom stereocenters. The first-order chi connectivity index (χ1) is 6.36. The lowest BCUT2D eigenvalue weighted by Crippen LogP contribution is -2.43. The third-order valence-corrected chi connectivity index (χ3v) is 2.26. The van der Waals surface area contributed by atoms with Crippen molar-refractivity contribution in [3.05, 3.63) is 0 Å². The van der Waals surface area contributed by atoms with E-state index in [0.29, 0.717) is 0 Å². The number of nitrogens with zero attached hydrogens (tertiary/aromatic N) is 1. The van der Waals surface area contributed by atoms with Crippen LogP contribution in [0.4, 0.5) is 0 Å². The molecule has 3 N–H and O–H groups in total. The van der Waals surface area contributed by atoms with Crippen molar-refractivity contribution in [3.8, 4) is 0 Å². The Labute approximate surface area is 83.9 Å². The summed E-state index contributed by atoms with van der Waals surface area (Å²) in [4.78, 5) is 23.1. The maximum Gasteiger partial charge on any atom is 0.320 e. The van der Waals surface area contributed by atoms with Crippen LogP contribution in [0.1, 0.15) is 26.7 Å². The van der Waals surface area contributed by atoms with Crippen LogP contribution in [-0.4, -0.2) is 41.0 Å². The molecule has 0 fully saturated rings. The van der Waals surface area contributed by atoms with Crippen LogP contribution in [0, 0.1) is 0 Å². The smallest absolute Gasteiger partial charge is 0.320 e. The predicted molar refractivity (Wildman–Crippen MR) is 52.8 cm³/mol. The molecule has 0 aromatic carbocycles. The summed E-state index contributed by atoms with van der Waals surface area (Å²) in [5.74, 6) is -1.38. The number of amides is 1. The maximum absolute atomic E-state index is 10.9. The number of nitrogens with two attached hydrogens (primary N) is 1. The summed E-state index contributed by atoms with van der Waals surface area (Å²) >= 11 is 0. The van der Waals surface area contributed by atoms with Gasteiger partial charge in [0.25, 0.3) is 0 Å². The zero-order chi connectivity index (χ0) is 11.3. The number of carboxylic acid groups (broad SMARTS) is 1. The normalized spacial score (nSPS) is 13.2.